The maximum absolute atomic E-state index is 12.5. The quantitative estimate of drug-likeness (QED) is 0.643. The molecule has 1 aromatic rings. The molecule has 2 unspecified atom stereocenters. The molecular weight excluding hydrogens is 292 g/mol. The van der Waals surface area contributed by atoms with E-state index >= 15 is 0 Å². The summed E-state index contributed by atoms with van der Waals surface area (Å²) in [5.74, 6) is -2.30. The van der Waals surface area contributed by atoms with Crippen LogP contribution in [0.5, 0.6) is 5.75 Å². The Morgan fingerprint density at radius 3 is 2.52 bits per heavy atom. The first kappa shape index (κ1) is 14.9. The minimum atomic E-state index is -2.42. The Balaban J connectivity index is 2.07. The summed E-state index contributed by atoms with van der Waals surface area (Å²) in [5.41, 5.74) is 4.16. The maximum Gasteiger partial charge on any atom is 0.233 e. The normalized spacial score (nSPS) is 29.6. The topological polar surface area (TPSA) is 77.8 Å². The summed E-state index contributed by atoms with van der Waals surface area (Å²) in [5, 5.41) is 30.6. The zero-order valence-corrected chi connectivity index (χ0v) is 13.7. The second-order valence-corrected chi connectivity index (χ2v) is 7.99. The van der Waals surface area contributed by atoms with Crippen molar-refractivity contribution in [2.45, 2.75) is 51.7 Å². The van der Waals surface area contributed by atoms with Crippen molar-refractivity contribution in [1.82, 2.24) is 0 Å². The lowest BCUT2D eigenvalue weighted by Gasteiger charge is -2.21. The molecule has 122 valence electrons. The van der Waals surface area contributed by atoms with Gasteiger partial charge in [0.25, 0.3) is 0 Å². The number of ketones is 1. The molecule has 0 heterocycles. The van der Waals surface area contributed by atoms with Crippen molar-refractivity contribution in [3.8, 4) is 5.75 Å². The molecule has 4 rings (SSSR count). The van der Waals surface area contributed by atoms with Gasteiger partial charge in [0.15, 0.2) is 0 Å². The zero-order chi connectivity index (χ0) is 16.9. The molecule has 23 heavy (non-hydrogen) atoms. The number of phenols is 1. The number of Topliss-reactive ketones (excluding diaryl/α,β-unsaturated/α-hetero) is 1. The van der Waals surface area contributed by atoms with Crippen molar-refractivity contribution < 1.29 is 20.1 Å². The van der Waals surface area contributed by atoms with Crippen LogP contribution in [0.1, 0.15) is 65.2 Å². The Bertz CT molecular complexity index is 785. The SMILES string of the molecule is C=C1CCC2C(c3c(C)c(O)c4c(c31)C(=O)C(O)(O)C4)C2(C)C. The summed E-state index contributed by atoms with van der Waals surface area (Å²) in [6, 6.07) is 0. The van der Waals surface area contributed by atoms with Crippen molar-refractivity contribution in [1.29, 1.82) is 0 Å². The van der Waals surface area contributed by atoms with Gasteiger partial charge < -0.3 is 15.3 Å². The molecular formula is C19H22O4. The Kier molecular flexibility index (Phi) is 2.63. The van der Waals surface area contributed by atoms with Crippen LogP contribution in [0.15, 0.2) is 6.58 Å². The smallest absolute Gasteiger partial charge is 0.233 e. The molecule has 3 aliphatic rings. The average Bonchev–Trinajstić information content (AvgIpc) is 2.96. The fourth-order valence-corrected chi connectivity index (χ4v) is 4.96. The van der Waals surface area contributed by atoms with E-state index in [9.17, 15) is 20.1 Å². The number of hydrogen-bond acceptors (Lipinski definition) is 4. The highest BCUT2D eigenvalue weighted by molar-refractivity contribution is 6.10. The lowest BCUT2D eigenvalue weighted by Crippen LogP contribution is -2.35. The number of benzene rings is 1. The molecule has 3 N–H and O–H groups in total. The number of fused-ring (bicyclic) bond motifs is 5. The number of aromatic hydroxyl groups is 1. The summed E-state index contributed by atoms with van der Waals surface area (Å²) >= 11 is 0. The third-order valence-electron chi connectivity index (χ3n) is 6.35. The molecule has 3 aliphatic carbocycles. The molecule has 1 aromatic carbocycles. The average molecular weight is 314 g/mol. The summed E-state index contributed by atoms with van der Waals surface area (Å²) in [6.07, 6.45) is 1.55. The van der Waals surface area contributed by atoms with Gasteiger partial charge in [-0.1, -0.05) is 20.4 Å². The molecule has 2 atom stereocenters. The molecule has 4 heteroatoms. The van der Waals surface area contributed by atoms with Crippen LogP contribution in [0.4, 0.5) is 0 Å². The van der Waals surface area contributed by atoms with Gasteiger partial charge in [-0.25, -0.2) is 0 Å². The highest BCUT2D eigenvalue weighted by Crippen LogP contribution is 2.70. The first-order chi connectivity index (χ1) is 10.6. The van der Waals surface area contributed by atoms with Crippen LogP contribution in [0.25, 0.3) is 5.57 Å². The maximum atomic E-state index is 12.5. The zero-order valence-electron chi connectivity index (χ0n) is 13.7. The Hall–Kier alpha value is -1.65. The van der Waals surface area contributed by atoms with Crippen molar-refractivity contribution in [2.75, 3.05) is 0 Å². The van der Waals surface area contributed by atoms with Gasteiger partial charge in [-0.2, -0.15) is 0 Å². The monoisotopic (exact) mass is 314 g/mol. The van der Waals surface area contributed by atoms with Gasteiger partial charge in [0.2, 0.25) is 11.6 Å². The Labute approximate surface area is 135 Å². The van der Waals surface area contributed by atoms with Crippen LogP contribution in [0.2, 0.25) is 0 Å². The van der Waals surface area contributed by atoms with Gasteiger partial charge in [-0.05, 0) is 59.3 Å². The number of carbonyl (C=O) groups is 1. The number of hydrogen-bond donors (Lipinski definition) is 3. The summed E-state index contributed by atoms with van der Waals surface area (Å²) in [4.78, 5) is 12.5. The molecule has 0 aromatic heterocycles. The Morgan fingerprint density at radius 1 is 1.22 bits per heavy atom. The van der Waals surface area contributed by atoms with E-state index in [4.69, 9.17) is 0 Å². The molecule has 4 nitrogen and oxygen atoms in total. The second-order valence-electron chi connectivity index (χ2n) is 7.99. The lowest BCUT2D eigenvalue weighted by molar-refractivity contribution is -0.115. The van der Waals surface area contributed by atoms with Crippen LogP contribution in [-0.2, 0) is 6.42 Å². The summed E-state index contributed by atoms with van der Waals surface area (Å²) < 4.78 is 0. The van der Waals surface area contributed by atoms with Crippen LogP contribution in [0.3, 0.4) is 0 Å². The number of phenolic OH excluding ortho intramolecular Hbond substituents is 1. The third kappa shape index (κ3) is 1.65. The highest BCUT2D eigenvalue weighted by Gasteiger charge is 2.61. The number of allylic oxidation sites excluding steroid dienone is 1. The molecule has 0 aliphatic heterocycles. The van der Waals surface area contributed by atoms with Gasteiger partial charge in [-0.15, -0.1) is 0 Å². The largest absolute Gasteiger partial charge is 0.507 e. The molecule has 1 fully saturated rings. The van der Waals surface area contributed by atoms with Crippen LogP contribution < -0.4 is 0 Å². The van der Waals surface area contributed by atoms with E-state index in [1.807, 2.05) is 6.92 Å². The van der Waals surface area contributed by atoms with E-state index in [2.05, 4.69) is 20.4 Å². The third-order valence-corrected chi connectivity index (χ3v) is 6.35. The number of aliphatic hydroxyl groups is 2. The fraction of sp³-hybridized carbons (Fsp3) is 0.526. The standard InChI is InChI=1S/C19H22O4/c1-8-5-6-11-15(18(11,3)4)13-9(2)16(20)10-7-19(22,23)17(21)14(10)12(8)13/h11,15,20,22-23H,1,5-7H2,2-4H3. The number of rotatable bonds is 0. The minimum Gasteiger partial charge on any atom is -0.507 e. The summed E-state index contributed by atoms with van der Waals surface area (Å²) in [6.45, 7) is 10.4. The van der Waals surface area contributed by atoms with Crippen molar-refractivity contribution in [3.63, 3.8) is 0 Å². The van der Waals surface area contributed by atoms with E-state index in [-0.39, 0.29) is 29.1 Å². The molecule has 0 radical (unpaired) electrons. The number of carbonyl (C=O) groups excluding carboxylic acids is 1. The van der Waals surface area contributed by atoms with E-state index in [1.54, 1.807) is 0 Å². The summed E-state index contributed by atoms with van der Waals surface area (Å²) in [7, 11) is 0. The van der Waals surface area contributed by atoms with Crippen molar-refractivity contribution in [2.24, 2.45) is 11.3 Å². The van der Waals surface area contributed by atoms with Gasteiger partial charge in [0, 0.05) is 17.5 Å². The predicted molar refractivity (Wildman–Crippen MR) is 86.3 cm³/mol. The van der Waals surface area contributed by atoms with Crippen LogP contribution >= 0.6 is 0 Å². The first-order valence-corrected chi connectivity index (χ1v) is 8.15. The Morgan fingerprint density at radius 2 is 1.87 bits per heavy atom. The lowest BCUT2D eigenvalue weighted by atomic mass is 9.84. The predicted octanol–water partition coefficient (Wildman–Crippen LogP) is 2.67. The fourth-order valence-electron chi connectivity index (χ4n) is 4.96. The second kappa shape index (κ2) is 4.05. The molecule has 1 saturated carbocycles. The molecule has 0 amide bonds. The van der Waals surface area contributed by atoms with Crippen LogP contribution in [0, 0.1) is 18.3 Å². The van der Waals surface area contributed by atoms with Crippen LogP contribution in [-0.4, -0.2) is 26.9 Å². The minimum absolute atomic E-state index is 0.0354. The molecule has 0 spiro atoms. The van der Waals surface area contributed by atoms with Gasteiger partial charge >= 0.3 is 0 Å². The van der Waals surface area contributed by atoms with Gasteiger partial charge in [-0.3, -0.25) is 4.79 Å². The van der Waals surface area contributed by atoms with Crippen molar-refractivity contribution >= 4 is 11.4 Å². The van der Waals surface area contributed by atoms with Crippen molar-refractivity contribution in [3.05, 3.63) is 34.4 Å². The van der Waals surface area contributed by atoms with E-state index in [0.29, 0.717) is 11.5 Å². The highest BCUT2D eigenvalue weighted by atomic mass is 16.5. The van der Waals surface area contributed by atoms with Gasteiger partial charge in [0.05, 0.1) is 0 Å². The van der Waals surface area contributed by atoms with E-state index < -0.39 is 11.6 Å². The molecule has 0 saturated heterocycles. The first-order valence-electron chi connectivity index (χ1n) is 8.15. The molecule has 0 bridgehead atoms. The van der Waals surface area contributed by atoms with E-state index in [1.165, 1.54) is 0 Å². The van der Waals surface area contributed by atoms with E-state index in [0.717, 1.165) is 35.1 Å². The van der Waals surface area contributed by atoms with Gasteiger partial charge in [0.1, 0.15) is 5.75 Å².